The van der Waals surface area contributed by atoms with Crippen LogP contribution in [0.4, 0.5) is 4.39 Å². The molecule has 1 unspecified atom stereocenters. The fourth-order valence-electron chi connectivity index (χ4n) is 4.13. The molecule has 0 fully saturated rings. The van der Waals surface area contributed by atoms with E-state index in [0.717, 1.165) is 34.0 Å². The smallest absolute Gasteiger partial charge is 0.272 e. The summed E-state index contributed by atoms with van der Waals surface area (Å²) in [6, 6.07) is 10.6. The van der Waals surface area contributed by atoms with Gasteiger partial charge in [-0.15, -0.1) is 0 Å². The fraction of sp³-hybridized carbons (Fsp3) is 0.276. The molecule has 2 aromatic rings. The summed E-state index contributed by atoms with van der Waals surface area (Å²) in [6.45, 7) is 3.11. The van der Waals surface area contributed by atoms with E-state index in [4.69, 9.17) is 11.5 Å². The van der Waals surface area contributed by atoms with Gasteiger partial charge in [0.05, 0.1) is 0 Å². The number of carbonyl (C=O) groups excluding carboxylic acids is 3. The second-order valence-corrected chi connectivity index (χ2v) is 12.1. The van der Waals surface area contributed by atoms with Crippen LogP contribution in [0.5, 0.6) is 0 Å². The molecule has 2 aromatic carbocycles. The van der Waals surface area contributed by atoms with Crippen LogP contribution in [0.25, 0.3) is 17.2 Å². The zero-order valence-electron chi connectivity index (χ0n) is 23.9. The van der Waals surface area contributed by atoms with Gasteiger partial charge in [0.1, 0.15) is 11.9 Å². The van der Waals surface area contributed by atoms with Gasteiger partial charge < -0.3 is 21.7 Å². The van der Waals surface area contributed by atoms with Gasteiger partial charge in [-0.05, 0) is 70.7 Å². The zero-order chi connectivity index (χ0) is 31.1. The number of rotatable bonds is 8. The molecule has 0 spiro atoms. The second kappa shape index (κ2) is 14.2. The van der Waals surface area contributed by atoms with E-state index in [9.17, 15) is 23.0 Å². The van der Waals surface area contributed by atoms with Crippen molar-refractivity contribution in [1.82, 2.24) is 10.2 Å². The van der Waals surface area contributed by atoms with Crippen LogP contribution in [0.15, 0.2) is 62.9 Å². The van der Waals surface area contributed by atoms with Gasteiger partial charge in [-0.3, -0.25) is 18.6 Å². The summed E-state index contributed by atoms with van der Waals surface area (Å²) in [4.78, 5) is 47.3. The topological polar surface area (TPSA) is 160 Å². The lowest BCUT2D eigenvalue weighted by molar-refractivity contribution is -0.125. The summed E-state index contributed by atoms with van der Waals surface area (Å²) in [6.07, 6.45) is 3.52. The molecule has 2 atom stereocenters. The Morgan fingerprint density at radius 2 is 1.76 bits per heavy atom. The lowest BCUT2D eigenvalue weighted by atomic mass is 10.0. The molecule has 222 valence electrons. The maximum absolute atomic E-state index is 14.3. The Morgan fingerprint density at radius 1 is 1.10 bits per heavy atom. The van der Waals surface area contributed by atoms with E-state index in [1.54, 1.807) is 38.6 Å². The quantitative estimate of drug-likeness (QED) is 0.303. The van der Waals surface area contributed by atoms with Crippen molar-refractivity contribution in [1.29, 1.82) is 0 Å². The zero-order valence-corrected chi connectivity index (χ0v) is 25.6. The third kappa shape index (κ3) is 8.46. The number of halogens is 1. The Kier molecular flexibility index (Phi) is 10.9. The number of amides is 2. The van der Waals surface area contributed by atoms with Crippen molar-refractivity contribution in [2.45, 2.75) is 31.2 Å². The Hall–Kier alpha value is -4.10. The first-order valence-corrected chi connectivity index (χ1v) is 15.3. The van der Waals surface area contributed by atoms with Gasteiger partial charge in [0.2, 0.25) is 11.9 Å². The predicted molar refractivity (Wildman–Crippen MR) is 167 cm³/mol. The molecule has 42 heavy (non-hydrogen) atoms. The monoisotopic (exact) mass is 612 g/mol. The molecule has 0 aliphatic heterocycles. The number of nitrogens with two attached hydrogens (primary N) is 2. The summed E-state index contributed by atoms with van der Waals surface area (Å²) < 4.78 is 26.0. The fourth-order valence-corrected chi connectivity index (χ4v) is 5.47. The minimum Gasteiger partial charge on any atom is -0.369 e. The minimum atomic E-state index is -1.13. The molecule has 2 amide bonds. The first kappa shape index (κ1) is 32.4. The van der Waals surface area contributed by atoms with Crippen molar-refractivity contribution < 1.29 is 23.0 Å². The number of benzene rings is 2. The van der Waals surface area contributed by atoms with E-state index < -0.39 is 34.5 Å². The Labute approximate surface area is 250 Å². The molecule has 0 bridgehead atoms. The van der Waals surface area contributed by atoms with Crippen LogP contribution in [0.1, 0.15) is 37.0 Å². The molecule has 5 N–H and O–H groups in total. The van der Waals surface area contributed by atoms with Crippen LogP contribution >= 0.6 is 11.8 Å². The van der Waals surface area contributed by atoms with Crippen molar-refractivity contribution >= 4 is 68.6 Å². The molecule has 1 aliphatic carbocycles. The van der Waals surface area contributed by atoms with Crippen LogP contribution in [-0.2, 0) is 25.2 Å². The van der Waals surface area contributed by atoms with Gasteiger partial charge in [-0.2, -0.15) is 9.98 Å². The SMILES string of the molecule is CC(=O)N[C@@H](CSC(=O)CC1=C(C)C(=Cc2ccc(S(C)=O)cc2)c2ccc(F)cc21)C(=O)N=C(N)N=C(N)N(C)C. The first-order valence-electron chi connectivity index (χ1n) is 12.7. The highest BCUT2D eigenvalue weighted by atomic mass is 32.2. The van der Waals surface area contributed by atoms with Gasteiger partial charge in [0, 0.05) is 55.1 Å². The normalized spacial score (nSPS) is 15.8. The standard InChI is InChI=1S/C29H33FN6O4S2/c1-16-22(12-18-6-9-20(10-7-18)42(5)40)21-11-8-19(30)13-24(21)23(16)14-26(38)41-15-25(33-17(2)37)27(39)34-28(31)35-29(32)36(3)4/h6-13,25H,14-15H2,1-5H3,(H,33,37)(H4,31,32,34,35,39)/t25-,42?/m0/s1. The lowest BCUT2D eigenvalue weighted by Crippen LogP contribution is -2.42. The molecule has 1 aliphatic rings. The van der Waals surface area contributed by atoms with Crippen molar-refractivity contribution in [2.24, 2.45) is 21.5 Å². The van der Waals surface area contributed by atoms with Crippen molar-refractivity contribution in [3.8, 4) is 0 Å². The summed E-state index contributed by atoms with van der Waals surface area (Å²) in [5.74, 6) is -2.16. The molecule has 0 saturated heterocycles. The van der Waals surface area contributed by atoms with Crippen LogP contribution in [0, 0.1) is 5.82 Å². The number of allylic oxidation sites excluding steroid dienone is 3. The van der Waals surface area contributed by atoms with Gasteiger partial charge in [0.15, 0.2) is 11.1 Å². The molecule has 13 heteroatoms. The van der Waals surface area contributed by atoms with Gasteiger partial charge in [-0.1, -0.05) is 30.0 Å². The molecule has 0 aromatic heterocycles. The summed E-state index contributed by atoms with van der Waals surface area (Å²) in [7, 11) is 2.17. The Balaban J connectivity index is 1.82. The Morgan fingerprint density at radius 3 is 2.36 bits per heavy atom. The molecule has 0 saturated carbocycles. The summed E-state index contributed by atoms with van der Waals surface area (Å²) >= 11 is 0.848. The highest BCUT2D eigenvalue weighted by Gasteiger charge is 2.27. The number of hydrogen-bond donors (Lipinski definition) is 3. The lowest BCUT2D eigenvalue weighted by Gasteiger charge is -2.14. The van der Waals surface area contributed by atoms with Crippen molar-refractivity contribution in [3.63, 3.8) is 0 Å². The van der Waals surface area contributed by atoms with Crippen molar-refractivity contribution in [2.75, 3.05) is 26.1 Å². The highest BCUT2D eigenvalue weighted by molar-refractivity contribution is 8.13. The summed E-state index contributed by atoms with van der Waals surface area (Å²) in [5.41, 5.74) is 16.0. The van der Waals surface area contributed by atoms with E-state index in [1.165, 1.54) is 24.0 Å². The molecule has 3 rings (SSSR count). The Bertz CT molecular complexity index is 1550. The number of thioether (sulfide) groups is 1. The number of hydrogen-bond acceptors (Lipinski definition) is 5. The average Bonchev–Trinajstić information content (AvgIpc) is 3.15. The third-order valence-electron chi connectivity index (χ3n) is 6.30. The maximum Gasteiger partial charge on any atom is 0.272 e. The van der Waals surface area contributed by atoms with Gasteiger partial charge in [0.25, 0.3) is 5.91 Å². The number of aliphatic imine (C=N–C) groups is 2. The van der Waals surface area contributed by atoms with Crippen LogP contribution in [0.2, 0.25) is 0 Å². The van der Waals surface area contributed by atoms with E-state index >= 15 is 0 Å². The van der Waals surface area contributed by atoms with E-state index in [-0.39, 0.29) is 29.2 Å². The molecule has 0 radical (unpaired) electrons. The number of nitrogens with one attached hydrogen (secondary N) is 1. The van der Waals surface area contributed by atoms with E-state index in [0.29, 0.717) is 16.0 Å². The first-order chi connectivity index (χ1) is 19.8. The second-order valence-electron chi connectivity index (χ2n) is 9.66. The van der Waals surface area contributed by atoms with Crippen LogP contribution in [-0.4, -0.2) is 70.1 Å². The van der Waals surface area contributed by atoms with Crippen molar-refractivity contribution in [3.05, 3.63) is 70.5 Å². The third-order valence-corrected chi connectivity index (χ3v) is 8.20. The molecular weight excluding hydrogens is 579 g/mol. The predicted octanol–water partition coefficient (Wildman–Crippen LogP) is 2.76. The van der Waals surface area contributed by atoms with Gasteiger partial charge in [-0.25, -0.2) is 4.39 Å². The minimum absolute atomic E-state index is 0.0319. The highest BCUT2D eigenvalue weighted by Crippen LogP contribution is 2.44. The molecule has 10 nitrogen and oxygen atoms in total. The average molecular weight is 613 g/mol. The molecular formula is C29H33FN6O4S2. The number of carbonyl (C=O) groups is 3. The van der Waals surface area contributed by atoms with Crippen LogP contribution < -0.4 is 16.8 Å². The molecule has 0 heterocycles. The van der Waals surface area contributed by atoms with E-state index in [1.807, 2.05) is 25.1 Å². The number of guanidine groups is 2. The summed E-state index contributed by atoms with van der Waals surface area (Å²) in [5, 5.41) is 2.20. The van der Waals surface area contributed by atoms with Gasteiger partial charge >= 0.3 is 0 Å². The largest absolute Gasteiger partial charge is 0.369 e. The van der Waals surface area contributed by atoms with Crippen LogP contribution in [0.3, 0.4) is 0 Å². The number of nitrogens with zero attached hydrogens (tertiary/aromatic N) is 3. The maximum atomic E-state index is 14.3. The number of fused-ring (bicyclic) bond motifs is 1. The van der Waals surface area contributed by atoms with E-state index in [2.05, 4.69) is 15.3 Å².